The lowest BCUT2D eigenvalue weighted by Gasteiger charge is -2.30. The lowest BCUT2D eigenvalue weighted by Crippen LogP contribution is -2.38. The van der Waals surface area contributed by atoms with Crippen molar-refractivity contribution in [3.8, 4) is 23.0 Å². The van der Waals surface area contributed by atoms with E-state index in [1.165, 1.54) is 23.1 Å². The molecule has 0 bridgehead atoms. The largest absolute Gasteiger partial charge is 0.507 e. The topological polar surface area (TPSA) is 88.7 Å². The smallest absolute Gasteiger partial charge is 0.261 e. The molecule has 0 radical (unpaired) electrons. The van der Waals surface area contributed by atoms with Gasteiger partial charge in [-0.25, -0.2) is 4.39 Å². The summed E-state index contributed by atoms with van der Waals surface area (Å²) >= 11 is 0. The van der Waals surface area contributed by atoms with Crippen molar-refractivity contribution in [3.63, 3.8) is 0 Å². The maximum atomic E-state index is 14.0. The van der Waals surface area contributed by atoms with E-state index in [1.807, 2.05) is 24.3 Å². The molecular weight excluding hydrogens is 377 g/mol. The molecule has 3 aromatic rings. The number of carbonyl (C=O) groups is 1. The van der Waals surface area contributed by atoms with Gasteiger partial charge in [-0.15, -0.1) is 0 Å². The van der Waals surface area contributed by atoms with Crippen LogP contribution < -0.4 is 4.74 Å². The van der Waals surface area contributed by atoms with Crippen LogP contribution in [-0.4, -0.2) is 46.3 Å². The van der Waals surface area contributed by atoms with Gasteiger partial charge in [0.05, 0.1) is 12.7 Å². The molecule has 1 aliphatic heterocycles. The number of likely N-dealkylation sites (tertiary alicyclic amines) is 1. The van der Waals surface area contributed by atoms with Crippen LogP contribution in [0.4, 0.5) is 4.39 Å². The number of rotatable bonds is 4. The van der Waals surface area contributed by atoms with Crippen molar-refractivity contribution >= 4 is 5.91 Å². The highest BCUT2D eigenvalue weighted by atomic mass is 19.1. The molecule has 0 spiro atoms. The number of aromatic hydroxyl groups is 1. The number of phenolic OH excluding ortho intramolecular Hbond substituents is 1. The van der Waals surface area contributed by atoms with Crippen molar-refractivity contribution < 1.29 is 23.6 Å². The fourth-order valence-corrected chi connectivity index (χ4v) is 3.55. The average Bonchev–Trinajstić information content (AvgIpc) is 3.23. The molecule has 1 aromatic heterocycles. The molecule has 8 heteroatoms. The van der Waals surface area contributed by atoms with Gasteiger partial charge < -0.3 is 19.3 Å². The first-order valence-electron chi connectivity index (χ1n) is 9.32. The second-order valence-electron chi connectivity index (χ2n) is 6.86. The van der Waals surface area contributed by atoms with Gasteiger partial charge >= 0.3 is 0 Å². The van der Waals surface area contributed by atoms with Crippen molar-refractivity contribution in [2.75, 3.05) is 20.2 Å². The highest BCUT2D eigenvalue weighted by Crippen LogP contribution is 2.32. The first-order chi connectivity index (χ1) is 14.1. The Labute approximate surface area is 166 Å². The van der Waals surface area contributed by atoms with Crippen molar-refractivity contribution in [2.24, 2.45) is 0 Å². The summed E-state index contributed by atoms with van der Waals surface area (Å²) < 4.78 is 24.7. The molecule has 1 aliphatic rings. The van der Waals surface area contributed by atoms with Crippen molar-refractivity contribution in [1.29, 1.82) is 0 Å². The van der Waals surface area contributed by atoms with Gasteiger partial charge in [0.2, 0.25) is 0 Å². The lowest BCUT2D eigenvalue weighted by molar-refractivity contribution is 0.0702. The van der Waals surface area contributed by atoms with Gasteiger partial charge in [-0.05, 0) is 37.1 Å². The number of methoxy groups -OCH3 is 1. The number of aromatic nitrogens is 2. The number of hydrogen-bond donors (Lipinski definition) is 1. The van der Waals surface area contributed by atoms with E-state index in [9.17, 15) is 14.3 Å². The normalized spacial score (nSPS) is 14.8. The highest BCUT2D eigenvalue weighted by molar-refractivity contribution is 5.97. The third-order valence-electron chi connectivity index (χ3n) is 5.13. The number of phenols is 1. The maximum absolute atomic E-state index is 14.0. The summed E-state index contributed by atoms with van der Waals surface area (Å²) in [5, 5.41) is 13.9. The van der Waals surface area contributed by atoms with Gasteiger partial charge in [0.1, 0.15) is 22.9 Å². The Bertz CT molecular complexity index is 1010. The molecule has 1 amide bonds. The van der Waals surface area contributed by atoms with Crippen LogP contribution in [0.5, 0.6) is 11.5 Å². The third-order valence-corrected chi connectivity index (χ3v) is 5.13. The standard InChI is InChI=1S/C21H20FN3O4/c1-28-17-8-3-2-5-14(17)20-23-19(24-29-20)13-9-11-25(12-10-13)21(27)18-15(22)6-4-7-16(18)26/h2-8,13,26H,9-12H2,1H3. The molecule has 7 nitrogen and oxygen atoms in total. The molecular formula is C21H20FN3O4. The van der Waals surface area contributed by atoms with Crippen LogP contribution in [0.2, 0.25) is 0 Å². The Hall–Kier alpha value is -3.42. The van der Waals surface area contributed by atoms with E-state index in [1.54, 1.807) is 7.11 Å². The summed E-state index contributed by atoms with van der Waals surface area (Å²) in [6.45, 7) is 0.825. The van der Waals surface area contributed by atoms with Crippen molar-refractivity contribution in [3.05, 3.63) is 59.7 Å². The number of piperidine rings is 1. The number of amides is 1. The molecule has 1 fully saturated rings. The molecule has 0 saturated carbocycles. The van der Waals surface area contributed by atoms with Gasteiger partial charge in [0, 0.05) is 19.0 Å². The Morgan fingerprint density at radius 2 is 1.97 bits per heavy atom. The van der Waals surface area contributed by atoms with Crippen LogP contribution in [0.1, 0.15) is 34.9 Å². The molecule has 150 valence electrons. The third kappa shape index (κ3) is 3.65. The Morgan fingerprint density at radius 1 is 1.21 bits per heavy atom. The van der Waals surface area contributed by atoms with E-state index < -0.39 is 11.7 Å². The molecule has 2 aromatic carbocycles. The zero-order valence-corrected chi connectivity index (χ0v) is 15.8. The minimum absolute atomic E-state index is 0.0282. The van der Waals surface area contributed by atoms with Gasteiger partial charge in [-0.2, -0.15) is 4.98 Å². The predicted molar refractivity (Wildman–Crippen MR) is 102 cm³/mol. The number of hydrogen-bond acceptors (Lipinski definition) is 6. The van der Waals surface area contributed by atoms with E-state index in [4.69, 9.17) is 9.26 Å². The Kier molecular flexibility index (Phi) is 5.16. The summed E-state index contributed by atoms with van der Waals surface area (Å²) in [4.78, 5) is 18.7. The van der Waals surface area contributed by atoms with E-state index in [-0.39, 0.29) is 17.2 Å². The molecule has 0 unspecified atom stereocenters. The van der Waals surface area contributed by atoms with E-state index in [0.29, 0.717) is 43.4 Å². The number of benzene rings is 2. The summed E-state index contributed by atoms with van der Waals surface area (Å²) in [7, 11) is 1.58. The quantitative estimate of drug-likeness (QED) is 0.724. The number of carbonyl (C=O) groups excluding carboxylic acids is 1. The predicted octanol–water partition coefficient (Wildman–Crippen LogP) is 3.61. The monoisotopic (exact) mass is 397 g/mol. The van der Waals surface area contributed by atoms with E-state index in [2.05, 4.69) is 10.1 Å². The number of nitrogens with zero attached hydrogens (tertiary/aromatic N) is 3. The Balaban J connectivity index is 1.45. The van der Waals surface area contributed by atoms with Crippen LogP contribution in [0.3, 0.4) is 0 Å². The first kappa shape index (κ1) is 18.9. The van der Waals surface area contributed by atoms with Gasteiger partial charge in [-0.1, -0.05) is 23.4 Å². The fraction of sp³-hybridized carbons (Fsp3) is 0.286. The fourth-order valence-electron chi connectivity index (χ4n) is 3.55. The molecule has 1 saturated heterocycles. The minimum atomic E-state index is -0.725. The maximum Gasteiger partial charge on any atom is 0.261 e. The molecule has 1 N–H and O–H groups in total. The van der Waals surface area contributed by atoms with Gasteiger partial charge in [-0.3, -0.25) is 4.79 Å². The van der Waals surface area contributed by atoms with Crippen LogP contribution in [0, 0.1) is 5.82 Å². The van der Waals surface area contributed by atoms with Crippen LogP contribution >= 0.6 is 0 Å². The zero-order chi connectivity index (χ0) is 20.4. The second kappa shape index (κ2) is 7.90. The van der Waals surface area contributed by atoms with Crippen LogP contribution in [0.25, 0.3) is 11.5 Å². The van der Waals surface area contributed by atoms with Gasteiger partial charge in [0.25, 0.3) is 11.8 Å². The molecule has 2 heterocycles. The van der Waals surface area contributed by atoms with E-state index >= 15 is 0 Å². The summed E-state index contributed by atoms with van der Waals surface area (Å²) in [6, 6.07) is 11.2. The minimum Gasteiger partial charge on any atom is -0.507 e. The molecule has 4 rings (SSSR count). The summed E-state index contributed by atoms with van der Waals surface area (Å²) in [6.07, 6.45) is 1.23. The summed E-state index contributed by atoms with van der Waals surface area (Å²) in [5.41, 5.74) is 0.431. The number of ether oxygens (including phenoxy) is 1. The zero-order valence-electron chi connectivity index (χ0n) is 15.8. The van der Waals surface area contributed by atoms with Crippen molar-refractivity contribution in [1.82, 2.24) is 15.0 Å². The highest BCUT2D eigenvalue weighted by Gasteiger charge is 2.30. The number of halogens is 1. The summed E-state index contributed by atoms with van der Waals surface area (Å²) in [5.74, 6) is 0.0441. The van der Waals surface area contributed by atoms with Crippen LogP contribution in [-0.2, 0) is 0 Å². The lowest BCUT2D eigenvalue weighted by atomic mass is 9.95. The molecule has 0 aliphatic carbocycles. The number of para-hydroxylation sites is 1. The van der Waals surface area contributed by atoms with Crippen LogP contribution in [0.15, 0.2) is 47.0 Å². The second-order valence-corrected chi connectivity index (χ2v) is 6.86. The van der Waals surface area contributed by atoms with Gasteiger partial charge in [0.15, 0.2) is 5.82 Å². The van der Waals surface area contributed by atoms with Crippen molar-refractivity contribution in [2.45, 2.75) is 18.8 Å². The molecule has 29 heavy (non-hydrogen) atoms. The van der Waals surface area contributed by atoms with E-state index in [0.717, 1.165) is 5.56 Å². The average molecular weight is 397 g/mol. The molecule has 0 atom stereocenters. The SMILES string of the molecule is COc1ccccc1-c1nc(C2CCN(C(=O)c3c(O)cccc3F)CC2)no1. The first-order valence-corrected chi connectivity index (χ1v) is 9.32. The Morgan fingerprint density at radius 3 is 2.69 bits per heavy atom.